The van der Waals surface area contributed by atoms with E-state index in [2.05, 4.69) is 22.2 Å². The number of likely N-dealkylation sites (N-methyl/N-ethyl adjacent to an activating group) is 1. The number of anilines is 1. The monoisotopic (exact) mass is 738 g/mol. The third-order valence-corrected chi connectivity index (χ3v) is 11.3. The molecule has 1 aliphatic heterocycles. The van der Waals surface area contributed by atoms with Gasteiger partial charge in [-0.1, -0.05) is 48.5 Å². The van der Waals surface area contributed by atoms with E-state index in [0.29, 0.717) is 25.1 Å². The molecule has 1 fully saturated rings. The van der Waals surface area contributed by atoms with Crippen LogP contribution in [0.5, 0.6) is 0 Å². The predicted octanol–water partition coefficient (Wildman–Crippen LogP) is 5.84. The fraction of sp³-hybridized carbons (Fsp3) is 0.237. The van der Waals surface area contributed by atoms with Crippen LogP contribution in [0.25, 0.3) is 22.0 Å². The van der Waals surface area contributed by atoms with Crippen LogP contribution < -0.4 is 10.0 Å². The van der Waals surface area contributed by atoms with Crippen molar-refractivity contribution in [2.45, 2.75) is 22.6 Å². The number of nitro groups is 1. The Morgan fingerprint density at radius 2 is 1.67 bits per heavy atom. The SMILES string of the molecule is CN1CCN(C(=O)CCc2ccc(-c3ccc(C(=O)NS(=O)(=O)c4ccc(NCCSc5ccccc5)c([N+](=O)[O-])c4)cc3)c3ncccc23)CC1. The molecular formula is C38H38N6O6S2. The number of hydrogen-bond acceptors (Lipinski definition) is 10. The highest BCUT2D eigenvalue weighted by Gasteiger charge is 2.24. The number of fused-ring (bicyclic) bond motifs is 1. The number of thioether (sulfide) groups is 1. The van der Waals surface area contributed by atoms with E-state index in [-0.39, 0.29) is 17.2 Å². The molecule has 2 heterocycles. The molecule has 2 N–H and O–H groups in total. The van der Waals surface area contributed by atoms with E-state index in [4.69, 9.17) is 0 Å². The van der Waals surface area contributed by atoms with Crippen molar-refractivity contribution in [1.82, 2.24) is 19.5 Å². The average Bonchev–Trinajstić information content (AvgIpc) is 3.16. The fourth-order valence-electron chi connectivity index (χ4n) is 6.03. The Morgan fingerprint density at radius 1 is 0.923 bits per heavy atom. The Labute approximate surface area is 306 Å². The largest absolute Gasteiger partial charge is 0.379 e. The number of sulfonamides is 1. The predicted molar refractivity (Wildman–Crippen MR) is 203 cm³/mol. The van der Waals surface area contributed by atoms with Crippen molar-refractivity contribution in [2.75, 3.05) is 50.8 Å². The maximum atomic E-state index is 13.2. The lowest BCUT2D eigenvalue weighted by Crippen LogP contribution is -2.47. The molecule has 12 nitrogen and oxygen atoms in total. The van der Waals surface area contributed by atoms with Gasteiger partial charge in [-0.05, 0) is 67.1 Å². The standard InChI is InChI=1S/C38H38N6O6S2/c1-42-21-23-43(24-22-42)36(45)18-14-28-13-16-33(37-32(28)8-5-19-40-37)27-9-11-29(12-10-27)38(46)41-52(49,50)31-15-17-34(35(26-31)44(47)48)39-20-25-51-30-6-3-2-4-7-30/h2-13,15-17,19,26,39H,14,18,20-25H2,1H3,(H,41,46). The minimum absolute atomic E-state index is 0.0901. The topological polar surface area (TPSA) is 155 Å². The molecule has 2 amide bonds. The van der Waals surface area contributed by atoms with Gasteiger partial charge in [0.1, 0.15) is 5.69 Å². The van der Waals surface area contributed by atoms with Gasteiger partial charge in [-0.15, -0.1) is 11.8 Å². The van der Waals surface area contributed by atoms with E-state index in [1.807, 2.05) is 64.2 Å². The Kier molecular flexibility index (Phi) is 11.5. The molecule has 0 aliphatic carbocycles. The number of benzene rings is 4. The van der Waals surface area contributed by atoms with Gasteiger partial charge in [0.2, 0.25) is 5.91 Å². The van der Waals surface area contributed by atoms with E-state index >= 15 is 0 Å². The molecule has 0 saturated carbocycles. The molecule has 0 unspecified atom stereocenters. The Bertz CT molecular complexity index is 2190. The van der Waals surface area contributed by atoms with Crippen LogP contribution in [0.4, 0.5) is 11.4 Å². The number of nitrogens with zero attached hydrogens (tertiary/aromatic N) is 4. The Balaban J connectivity index is 1.11. The Morgan fingerprint density at radius 3 is 2.40 bits per heavy atom. The van der Waals surface area contributed by atoms with Crippen molar-refractivity contribution in [3.63, 3.8) is 0 Å². The molecule has 1 aliphatic rings. The van der Waals surface area contributed by atoms with Gasteiger partial charge >= 0.3 is 0 Å². The normalized spacial score (nSPS) is 13.5. The number of carbonyl (C=O) groups excluding carboxylic acids is 2. The lowest BCUT2D eigenvalue weighted by Gasteiger charge is -2.32. The van der Waals surface area contributed by atoms with Crippen LogP contribution in [0.2, 0.25) is 0 Å². The van der Waals surface area contributed by atoms with E-state index in [1.165, 1.54) is 24.3 Å². The number of nitro benzene ring substituents is 1. The summed E-state index contributed by atoms with van der Waals surface area (Å²) in [5, 5.41) is 15.8. The molecule has 14 heteroatoms. The van der Waals surface area contributed by atoms with Crippen molar-refractivity contribution in [3.8, 4) is 11.1 Å². The van der Waals surface area contributed by atoms with Crippen LogP contribution in [0, 0.1) is 10.1 Å². The summed E-state index contributed by atoms with van der Waals surface area (Å²) in [6.07, 6.45) is 2.69. The first kappa shape index (κ1) is 36.5. The molecule has 6 rings (SSSR count). The molecular weight excluding hydrogens is 701 g/mol. The van der Waals surface area contributed by atoms with Crippen LogP contribution in [0.3, 0.4) is 0 Å². The highest BCUT2D eigenvalue weighted by Crippen LogP contribution is 2.31. The first-order valence-corrected chi connectivity index (χ1v) is 19.3. The molecule has 5 aromatic rings. The van der Waals surface area contributed by atoms with E-state index in [1.54, 1.807) is 30.1 Å². The third-order valence-electron chi connectivity index (χ3n) is 8.91. The molecule has 1 aromatic heterocycles. The minimum Gasteiger partial charge on any atom is -0.379 e. The lowest BCUT2D eigenvalue weighted by atomic mass is 9.96. The zero-order chi connectivity index (χ0) is 36.7. The van der Waals surface area contributed by atoms with Crippen LogP contribution in [0.1, 0.15) is 22.3 Å². The number of hydrogen-bond donors (Lipinski definition) is 2. The van der Waals surface area contributed by atoms with Gasteiger partial charge in [-0.2, -0.15) is 0 Å². The summed E-state index contributed by atoms with van der Waals surface area (Å²) < 4.78 is 28.4. The van der Waals surface area contributed by atoms with Crippen molar-refractivity contribution in [2.24, 2.45) is 0 Å². The van der Waals surface area contributed by atoms with E-state index in [0.717, 1.165) is 64.7 Å². The summed E-state index contributed by atoms with van der Waals surface area (Å²) in [5.41, 5.74) is 3.20. The first-order valence-electron chi connectivity index (χ1n) is 16.8. The van der Waals surface area contributed by atoms with E-state index in [9.17, 15) is 28.1 Å². The second kappa shape index (κ2) is 16.4. The summed E-state index contributed by atoms with van der Waals surface area (Å²) in [5.74, 6) is -0.104. The van der Waals surface area contributed by atoms with Gasteiger partial charge in [0, 0.05) is 78.6 Å². The van der Waals surface area contributed by atoms with Gasteiger partial charge in [0.25, 0.3) is 21.6 Å². The van der Waals surface area contributed by atoms with Crippen molar-refractivity contribution in [3.05, 3.63) is 124 Å². The van der Waals surface area contributed by atoms with Gasteiger partial charge in [-0.25, -0.2) is 13.1 Å². The quantitative estimate of drug-likeness (QED) is 0.0652. The zero-order valence-electron chi connectivity index (χ0n) is 28.5. The van der Waals surface area contributed by atoms with E-state index < -0.39 is 31.4 Å². The number of amides is 2. The summed E-state index contributed by atoms with van der Waals surface area (Å²) in [6, 6.07) is 27.4. The highest BCUT2D eigenvalue weighted by molar-refractivity contribution is 7.99. The van der Waals surface area contributed by atoms with Gasteiger partial charge in [0.05, 0.1) is 15.3 Å². The summed E-state index contributed by atoms with van der Waals surface area (Å²) >= 11 is 1.58. The number of aryl methyl sites for hydroxylation is 1. The van der Waals surface area contributed by atoms with Gasteiger partial charge in [-0.3, -0.25) is 24.7 Å². The third kappa shape index (κ3) is 8.76. The first-order chi connectivity index (χ1) is 25.1. The molecule has 0 radical (unpaired) electrons. The second-order valence-electron chi connectivity index (χ2n) is 12.4. The van der Waals surface area contributed by atoms with Gasteiger partial charge < -0.3 is 15.1 Å². The molecule has 4 aromatic carbocycles. The Hall–Kier alpha value is -5.31. The second-order valence-corrected chi connectivity index (χ2v) is 15.2. The van der Waals surface area contributed by atoms with Crippen LogP contribution >= 0.6 is 11.8 Å². The summed E-state index contributed by atoms with van der Waals surface area (Å²) in [4.78, 5) is 46.6. The smallest absolute Gasteiger partial charge is 0.293 e. The number of aromatic nitrogens is 1. The molecule has 1 saturated heterocycles. The minimum atomic E-state index is -4.43. The molecule has 268 valence electrons. The average molecular weight is 739 g/mol. The number of rotatable bonds is 13. The highest BCUT2D eigenvalue weighted by atomic mass is 32.2. The zero-order valence-corrected chi connectivity index (χ0v) is 30.2. The summed E-state index contributed by atoms with van der Waals surface area (Å²) in [6.45, 7) is 3.62. The van der Waals surface area contributed by atoms with Crippen LogP contribution in [-0.2, 0) is 21.2 Å². The summed E-state index contributed by atoms with van der Waals surface area (Å²) in [7, 11) is -2.38. The fourth-order valence-corrected chi connectivity index (χ4v) is 7.81. The van der Waals surface area contributed by atoms with Gasteiger partial charge in [0.15, 0.2) is 0 Å². The van der Waals surface area contributed by atoms with Crippen molar-refractivity contribution >= 4 is 55.9 Å². The molecule has 52 heavy (non-hydrogen) atoms. The molecule has 0 atom stereocenters. The lowest BCUT2D eigenvalue weighted by molar-refractivity contribution is -0.384. The number of nitrogens with one attached hydrogen (secondary N) is 2. The number of piperazine rings is 1. The maximum absolute atomic E-state index is 13.2. The van der Waals surface area contributed by atoms with Crippen molar-refractivity contribution in [1.29, 1.82) is 0 Å². The molecule has 0 bridgehead atoms. The van der Waals surface area contributed by atoms with Crippen LogP contribution in [-0.4, -0.2) is 85.5 Å². The van der Waals surface area contributed by atoms with Crippen molar-refractivity contribution < 1.29 is 22.9 Å². The van der Waals surface area contributed by atoms with Crippen LogP contribution in [0.15, 0.2) is 113 Å². The number of pyridine rings is 1. The molecule has 0 spiro atoms. The maximum Gasteiger partial charge on any atom is 0.293 e. The number of carbonyl (C=O) groups is 2.